The van der Waals surface area contributed by atoms with Gasteiger partial charge in [-0.25, -0.2) is 4.98 Å². The molecule has 2 aromatic rings. The zero-order chi connectivity index (χ0) is 10.3. The van der Waals surface area contributed by atoms with Gasteiger partial charge in [-0.2, -0.15) is 10.2 Å². The largest absolute Gasteiger partial charge is 0.326 e. The summed E-state index contributed by atoms with van der Waals surface area (Å²) in [5, 5.41) is 8.02. The first-order chi connectivity index (χ1) is 7.40. The Labute approximate surface area is 87.0 Å². The second-order valence-corrected chi connectivity index (χ2v) is 3.56. The van der Waals surface area contributed by atoms with Crippen molar-refractivity contribution in [2.24, 2.45) is 5.73 Å². The average Bonchev–Trinajstić information content (AvgIpc) is 2.72. The maximum Gasteiger partial charge on any atom is 0.122 e. The van der Waals surface area contributed by atoms with Crippen molar-refractivity contribution in [2.45, 2.75) is 19.5 Å². The van der Waals surface area contributed by atoms with Crippen LogP contribution in [0.3, 0.4) is 0 Å². The second-order valence-electron chi connectivity index (χ2n) is 3.56. The van der Waals surface area contributed by atoms with Gasteiger partial charge in [0.2, 0.25) is 0 Å². The Kier molecular flexibility index (Phi) is 1.78. The molecule has 0 bridgehead atoms. The van der Waals surface area contributed by atoms with Crippen LogP contribution in [-0.2, 0) is 19.5 Å². The van der Waals surface area contributed by atoms with Crippen LogP contribution in [-0.4, -0.2) is 19.7 Å². The third-order valence-electron chi connectivity index (χ3n) is 2.77. The Morgan fingerprint density at radius 1 is 1.47 bits per heavy atom. The average molecular weight is 201 g/mol. The summed E-state index contributed by atoms with van der Waals surface area (Å²) in [6, 6.07) is 1.98. The summed E-state index contributed by atoms with van der Waals surface area (Å²) in [4.78, 5) is 4.30. The molecule has 3 rings (SSSR count). The molecule has 0 saturated carbocycles. The highest BCUT2D eigenvalue weighted by Crippen LogP contribution is 2.27. The first-order valence-corrected chi connectivity index (χ1v) is 4.95. The van der Waals surface area contributed by atoms with E-state index in [1.165, 1.54) is 0 Å². The number of imidazole rings is 1. The van der Waals surface area contributed by atoms with E-state index in [0.717, 1.165) is 35.7 Å². The number of aryl methyl sites for hydroxylation is 1. The van der Waals surface area contributed by atoms with Crippen LogP contribution in [0, 0.1) is 0 Å². The van der Waals surface area contributed by atoms with E-state index in [1.807, 2.05) is 12.3 Å². The van der Waals surface area contributed by atoms with E-state index in [-0.39, 0.29) is 0 Å². The molecule has 0 aromatic carbocycles. The normalized spacial score (nSPS) is 13.4. The van der Waals surface area contributed by atoms with E-state index in [0.29, 0.717) is 6.54 Å². The topological polar surface area (TPSA) is 69.6 Å². The highest BCUT2D eigenvalue weighted by Gasteiger charge is 2.19. The third kappa shape index (κ3) is 1.16. The molecule has 2 N–H and O–H groups in total. The maximum atomic E-state index is 5.63. The molecule has 0 aliphatic carbocycles. The highest BCUT2D eigenvalue weighted by atomic mass is 15.1. The smallest absolute Gasteiger partial charge is 0.122 e. The molecule has 0 saturated heterocycles. The first-order valence-electron chi connectivity index (χ1n) is 4.95. The molecule has 5 heteroatoms. The SMILES string of the molecule is NCc1ncc2n1CCc1nnccc1-2. The maximum absolute atomic E-state index is 5.63. The van der Waals surface area contributed by atoms with Gasteiger partial charge in [-0.15, -0.1) is 0 Å². The zero-order valence-corrected chi connectivity index (χ0v) is 8.22. The lowest BCUT2D eigenvalue weighted by Crippen LogP contribution is -2.16. The van der Waals surface area contributed by atoms with Crippen LogP contribution in [0.1, 0.15) is 11.5 Å². The lowest BCUT2D eigenvalue weighted by Gasteiger charge is -2.18. The minimum Gasteiger partial charge on any atom is -0.326 e. The molecule has 0 atom stereocenters. The van der Waals surface area contributed by atoms with Crippen molar-refractivity contribution in [2.75, 3.05) is 0 Å². The molecule has 3 heterocycles. The van der Waals surface area contributed by atoms with Gasteiger partial charge in [-0.1, -0.05) is 0 Å². The quantitative estimate of drug-likeness (QED) is 0.723. The van der Waals surface area contributed by atoms with Crippen molar-refractivity contribution < 1.29 is 0 Å². The number of rotatable bonds is 1. The molecule has 1 aliphatic rings. The molecule has 15 heavy (non-hydrogen) atoms. The van der Waals surface area contributed by atoms with E-state index in [1.54, 1.807) is 6.20 Å². The lowest BCUT2D eigenvalue weighted by molar-refractivity contribution is 0.628. The summed E-state index contributed by atoms with van der Waals surface area (Å²) in [7, 11) is 0. The fraction of sp³-hybridized carbons (Fsp3) is 0.300. The van der Waals surface area contributed by atoms with Gasteiger partial charge in [0.1, 0.15) is 5.82 Å². The number of fused-ring (bicyclic) bond motifs is 3. The monoisotopic (exact) mass is 201 g/mol. The third-order valence-corrected chi connectivity index (χ3v) is 2.77. The number of aromatic nitrogens is 4. The molecule has 0 unspecified atom stereocenters. The molecule has 5 nitrogen and oxygen atoms in total. The standard InChI is InChI=1S/C10H11N5/c11-5-10-12-6-9-7-1-3-13-14-8(7)2-4-15(9)10/h1,3,6H,2,4-5,11H2. The van der Waals surface area contributed by atoms with Crippen LogP contribution in [0.5, 0.6) is 0 Å². The summed E-state index contributed by atoms with van der Waals surface area (Å²) in [5.74, 6) is 0.937. The molecule has 2 aromatic heterocycles. The summed E-state index contributed by atoms with van der Waals surface area (Å²) in [6.45, 7) is 1.38. The van der Waals surface area contributed by atoms with Gasteiger partial charge >= 0.3 is 0 Å². The minimum absolute atomic E-state index is 0.480. The molecule has 1 aliphatic heterocycles. The van der Waals surface area contributed by atoms with Crippen LogP contribution in [0.15, 0.2) is 18.5 Å². The Hall–Kier alpha value is -1.75. The molecule has 0 amide bonds. The van der Waals surface area contributed by atoms with Gasteiger partial charge in [-0.3, -0.25) is 0 Å². The van der Waals surface area contributed by atoms with Crippen LogP contribution in [0.2, 0.25) is 0 Å². The molecular formula is C10H11N5. The fourth-order valence-electron chi connectivity index (χ4n) is 2.04. The van der Waals surface area contributed by atoms with Crippen molar-refractivity contribution in [3.8, 4) is 11.3 Å². The van der Waals surface area contributed by atoms with Crippen LogP contribution in [0.4, 0.5) is 0 Å². The lowest BCUT2D eigenvalue weighted by atomic mass is 10.1. The zero-order valence-electron chi connectivity index (χ0n) is 8.22. The predicted octanol–water partition coefficient (Wildman–Crippen LogP) is 0.355. The summed E-state index contributed by atoms with van der Waals surface area (Å²) >= 11 is 0. The summed E-state index contributed by atoms with van der Waals surface area (Å²) in [5.41, 5.74) is 8.91. The number of hydrogen-bond donors (Lipinski definition) is 1. The van der Waals surface area contributed by atoms with Gasteiger partial charge in [0.05, 0.1) is 30.3 Å². The van der Waals surface area contributed by atoms with Gasteiger partial charge in [0, 0.05) is 18.5 Å². The van der Waals surface area contributed by atoms with Gasteiger partial charge < -0.3 is 10.3 Å². The molecule has 76 valence electrons. The van der Waals surface area contributed by atoms with E-state index in [2.05, 4.69) is 19.7 Å². The van der Waals surface area contributed by atoms with Crippen molar-refractivity contribution in [3.63, 3.8) is 0 Å². The van der Waals surface area contributed by atoms with E-state index >= 15 is 0 Å². The number of nitrogens with two attached hydrogens (primary N) is 1. The van der Waals surface area contributed by atoms with Crippen LogP contribution < -0.4 is 5.73 Å². The Balaban J connectivity index is 2.22. The van der Waals surface area contributed by atoms with Gasteiger partial charge in [0.15, 0.2) is 0 Å². The van der Waals surface area contributed by atoms with E-state index < -0.39 is 0 Å². The van der Waals surface area contributed by atoms with Crippen molar-refractivity contribution in [1.29, 1.82) is 0 Å². The Morgan fingerprint density at radius 2 is 2.40 bits per heavy atom. The van der Waals surface area contributed by atoms with Crippen molar-refractivity contribution >= 4 is 0 Å². The van der Waals surface area contributed by atoms with Crippen molar-refractivity contribution in [1.82, 2.24) is 19.7 Å². The first kappa shape index (κ1) is 8.55. The Morgan fingerprint density at radius 3 is 3.27 bits per heavy atom. The predicted molar refractivity (Wildman–Crippen MR) is 54.8 cm³/mol. The van der Waals surface area contributed by atoms with Gasteiger partial charge in [0.25, 0.3) is 0 Å². The Bertz CT molecular complexity index is 502. The molecular weight excluding hydrogens is 190 g/mol. The van der Waals surface area contributed by atoms with E-state index in [4.69, 9.17) is 5.73 Å². The van der Waals surface area contributed by atoms with Gasteiger partial charge in [-0.05, 0) is 6.07 Å². The summed E-state index contributed by atoms with van der Waals surface area (Å²) in [6.07, 6.45) is 4.48. The van der Waals surface area contributed by atoms with Crippen molar-refractivity contribution in [3.05, 3.63) is 30.0 Å². The minimum atomic E-state index is 0.480. The summed E-state index contributed by atoms with van der Waals surface area (Å²) < 4.78 is 2.16. The molecule has 0 spiro atoms. The van der Waals surface area contributed by atoms with Crippen LogP contribution >= 0.6 is 0 Å². The fourth-order valence-corrected chi connectivity index (χ4v) is 2.04. The number of nitrogens with zero attached hydrogens (tertiary/aromatic N) is 4. The molecule has 0 radical (unpaired) electrons. The highest BCUT2D eigenvalue weighted by molar-refractivity contribution is 5.63. The molecule has 0 fully saturated rings. The number of hydrogen-bond acceptors (Lipinski definition) is 4. The van der Waals surface area contributed by atoms with Crippen LogP contribution in [0.25, 0.3) is 11.3 Å². The van der Waals surface area contributed by atoms with E-state index in [9.17, 15) is 0 Å². The second kappa shape index (κ2) is 3.13.